The molecule has 0 atom stereocenters. The predicted molar refractivity (Wildman–Crippen MR) is 58.5 cm³/mol. The maximum Gasteiger partial charge on any atom is 0.324 e. The largest absolute Gasteiger partial charge is 0.324 e. The van der Waals surface area contributed by atoms with Gasteiger partial charge in [0.1, 0.15) is 0 Å². The van der Waals surface area contributed by atoms with E-state index in [0.717, 1.165) is 18.2 Å². The lowest BCUT2D eigenvalue weighted by Crippen LogP contribution is -2.25. The molecule has 0 fully saturated rings. The third-order valence-electron chi connectivity index (χ3n) is 1.95. The minimum Gasteiger partial charge on any atom is -0.258 e. The highest BCUT2D eigenvalue weighted by Gasteiger charge is 2.28. The lowest BCUT2D eigenvalue weighted by atomic mass is 10.3. The molecule has 0 aromatic heterocycles. The topological polar surface area (TPSA) is 113 Å². The molecule has 0 heterocycles. The van der Waals surface area contributed by atoms with Crippen LogP contribution in [0, 0.1) is 27.3 Å². The normalized spacial score (nSPS) is 10.9. The van der Waals surface area contributed by atoms with Crippen molar-refractivity contribution in [3.63, 3.8) is 0 Å². The molecule has 0 unspecified atom stereocenters. The first kappa shape index (κ1) is 14.0. The number of nitrogens with one attached hydrogen (secondary N) is 1. The molecular weight excluding hydrogens is 265 g/mol. The summed E-state index contributed by atoms with van der Waals surface area (Å²) in [4.78, 5) is 8.78. The Bertz CT molecular complexity index is 609. The van der Waals surface area contributed by atoms with Crippen molar-refractivity contribution in [2.45, 2.75) is 11.3 Å². The van der Waals surface area contributed by atoms with E-state index in [4.69, 9.17) is 5.26 Å². The molecule has 0 radical (unpaired) electrons. The fraction of sp³-hybridized carbons (Fsp3) is 0.222. The summed E-state index contributed by atoms with van der Waals surface area (Å²) in [6.07, 6.45) is -0.0949. The van der Waals surface area contributed by atoms with Crippen molar-refractivity contribution in [2.75, 3.05) is 6.54 Å². The number of benzene rings is 1. The minimum absolute atomic E-state index is 0.0949. The number of sulfonamides is 1. The van der Waals surface area contributed by atoms with Crippen molar-refractivity contribution in [3.8, 4) is 6.07 Å². The Balaban J connectivity index is 3.21. The van der Waals surface area contributed by atoms with E-state index < -0.39 is 31.3 Å². The van der Waals surface area contributed by atoms with Gasteiger partial charge >= 0.3 is 5.69 Å². The third kappa shape index (κ3) is 2.99. The first-order valence-electron chi connectivity index (χ1n) is 4.69. The van der Waals surface area contributed by atoms with Crippen LogP contribution in [-0.2, 0) is 10.0 Å². The van der Waals surface area contributed by atoms with Crippen LogP contribution in [0.3, 0.4) is 0 Å². The molecule has 0 aliphatic rings. The number of rotatable bonds is 5. The molecule has 1 rings (SSSR count). The molecule has 7 nitrogen and oxygen atoms in total. The maximum absolute atomic E-state index is 13.2. The summed E-state index contributed by atoms with van der Waals surface area (Å²) in [6.45, 7) is -0.202. The zero-order chi connectivity index (χ0) is 13.8. The van der Waals surface area contributed by atoms with Gasteiger partial charge in [0.25, 0.3) is 0 Å². The smallest absolute Gasteiger partial charge is 0.258 e. The molecule has 9 heteroatoms. The summed E-state index contributed by atoms with van der Waals surface area (Å²) in [5, 5.41) is 18.9. The molecule has 0 spiro atoms. The molecular formula is C9H8FN3O4S. The van der Waals surface area contributed by atoms with Crippen molar-refractivity contribution in [3.05, 3.63) is 34.1 Å². The second kappa shape index (κ2) is 5.52. The Hall–Kier alpha value is -2.05. The zero-order valence-electron chi connectivity index (χ0n) is 8.96. The number of nitriles is 1. The fourth-order valence-corrected chi connectivity index (χ4v) is 2.42. The van der Waals surface area contributed by atoms with E-state index in [1.807, 2.05) is 4.72 Å². The van der Waals surface area contributed by atoms with Crippen LogP contribution in [0.4, 0.5) is 10.1 Å². The van der Waals surface area contributed by atoms with Crippen molar-refractivity contribution in [1.82, 2.24) is 4.72 Å². The van der Waals surface area contributed by atoms with Crippen LogP contribution in [-0.4, -0.2) is 19.9 Å². The van der Waals surface area contributed by atoms with E-state index in [0.29, 0.717) is 0 Å². The summed E-state index contributed by atoms with van der Waals surface area (Å²) in [6, 6.07) is 4.49. The lowest BCUT2D eigenvalue weighted by molar-refractivity contribution is -0.390. The number of nitrogens with zero attached hydrogens (tertiary/aromatic N) is 2. The van der Waals surface area contributed by atoms with E-state index >= 15 is 0 Å². The van der Waals surface area contributed by atoms with E-state index in [-0.39, 0.29) is 13.0 Å². The fourth-order valence-electron chi connectivity index (χ4n) is 1.21. The van der Waals surface area contributed by atoms with Gasteiger partial charge in [-0.15, -0.1) is 0 Å². The highest BCUT2D eigenvalue weighted by molar-refractivity contribution is 7.89. The molecule has 0 aliphatic heterocycles. The molecule has 1 aromatic carbocycles. The minimum atomic E-state index is -4.21. The number of hydrogen-bond donors (Lipinski definition) is 1. The number of nitro groups is 1. The lowest BCUT2D eigenvalue weighted by Gasteiger charge is -2.05. The quantitative estimate of drug-likeness (QED) is 0.487. The van der Waals surface area contributed by atoms with Crippen molar-refractivity contribution in [2.24, 2.45) is 0 Å². The van der Waals surface area contributed by atoms with Crippen LogP contribution >= 0.6 is 0 Å². The first-order valence-corrected chi connectivity index (χ1v) is 6.18. The van der Waals surface area contributed by atoms with Crippen LogP contribution in [0.5, 0.6) is 0 Å². The molecule has 1 aromatic rings. The SMILES string of the molecule is N#CCCNS(=O)(=O)c1cccc(F)c1[N+](=O)[O-]. The molecule has 0 amide bonds. The Morgan fingerprint density at radius 3 is 2.72 bits per heavy atom. The molecule has 18 heavy (non-hydrogen) atoms. The van der Waals surface area contributed by atoms with Gasteiger partial charge in [0.15, 0.2) is 4.90 Å². The van der Waals surface area contributed by atoms with Gasteiger partial charge in [-0.25, -0.2) is 13.1 Å². The Kier molecular flexibility index (Phi) is 4.30. The third-order valence-corrected chi connectivity index (χ3v) is 3.44. The van der Waals surface area contributed by atoms with Crippen LogP contribution in [0.2, 0.25) is 0 Å². The standard InChI is InChI=1S/C9H8FN3O4S/c10-7-3-1-4-8(9(7)13(14)15)18(16,17)12-6-2-5-11/h1,3-4,12H,2,6H2. The van der Waals surface area contributed by atoms with Crippen LogP contribution in [0.15, 0.2) is 23.1 Å². The highest BCUT2D eigenvalue weighted by Crippen LogP contribution is 2.26. The van der Waals surface area contributed by atoms with Crippen LogP contribution in [0.1, 0.15) is 6.42 Å². The highest BCUT2D eigenvalue weighted by atomic mass is 32.2. The predicted octanol–water partition coefficient (Wildman–Crippen LogP) is 0.926. The van der Waals surface area contributed by atoms with Gasteiger partial charge in [0.05, 0.1) is 11.0 Å². The zero-order valence-corrected chi connectivity index (χ0v) is 9.78. The second-order valence-corrected chi connectivity index (χ2v) is 4.88. The van der Waals surface area contributed by atoms with E-state index in [1.54, 1.807) is 6.07 Å². The number of halogens is 1. The van der Waals surface area contributed by atoms with Gasteiger partial charge in [-0.2, -0.15) is 9.65 Å². The van der Waals surface area contributed by atoms with Gasteiger partial charge in [-0.3, -0.25) is 10.1 Å². The molecule has 1 N–H and O–H groups in total. The summed E-state index contributed by atoms with van der Waals surface area (Å²) < 4.78 is 38.6. The number of para-hydroxylation sites is 1. The monoisotopic (exact) mass is 273 g/mol. The van der Waals surface area contributed by atoms with E-state index in [1.165, 1.54) is 0 Å². The van der Waals surface area contributed by atoms with Gasteiger partial charge in [0.2, 0.25) is 15.8 Å². The molecule has 0 aliphatic carbocycles. The van der Waals surface area contributed by atoms with Crippen LogP contribution in [0.25, 0.3) is 0 Å². The van der Waals surface area contributed by atoms with Crippen molar-refractivity contribution >= 4 is 15.7 Å². The Morgan fingerprint density at radius 1 is 1.50 bits per heavy atom. The molecule has 0 saturated heterocycles. The average Bonchev–Trinajstić information content (AvgIpc) is 2.28. The van der Waals surface area contributed by atoms with Crippen LogP contribution < -0.4 is 4.72 Å². The summed E-state index contributed by atoms with van der Waals surface area (Å²) in [7, 11) is -4.21. The molecule has 0 saturated carbocycles. The Labute approximate surface area is 102 Å². The van der Waals surface area contributed by atoms with Crippen molar-refractivity contribution < 1.29 is 17.7 Å². The summed E-state index contributed by atoms with van der Waals surface area (Å²) in [5.74, 6) is -1.23. The molecule has 0 bridgehead atoms. The second-order valence-electron chi connectivity index (χ2n) is 3.15. The number of nitro benzene ring substituents is 1. The van der Waals surface area contributed by atoms with Crippen molar-refractivity contribution in [1.29, 1.82) is 5.26 Å². The van der Waals surface area contributed by atoms with Gasteiger partial charge in [0, 0.05) is 13.0 Å². The van der Waals surface area contributed by atoms with E-state index in [2.05, 4.69) is 0 Å². The maximum atomic E-state index is 13.2. The Morgan fingerprint density at radius 2 is 2.17 bits per heavy atom. The van der Waals surface area contributed by atoms with Gasteiger partial charge in [-0.05, 0) is 12.1 Å². The molecule has 96 valence electrons. The summed E-state index contributed by atoms with van der Waals surface area (Å²) in [5.41, 5.74) is -1.11. The van der Waals surface area contributed by atoms with Gasteiger partial charge < -0.3 is 0 Å². The first-order chi connectivity index (χ1) is 8.40. The number of hydrogen-bond acceptors (Lipinski definition) is 5. The average molecular weight is 273 g/mol. The van der Waals surface area contributed by atoms with Gasteiger partial charge in [-0.1, -0.05) is 6.07 Å². The summed E-state index contributed by atoms with van der Waals surface area (Å²) >= 11 is 0. The van der Waals surface area contributed by atoms with E-state index in [9.17, 15) is 22.9 Å².